The molecule has 4 heterocycles. The lowest BCUT2D eigenvalue weighted by Gasteiger charge is -2.27. The molecule has 6 rings (SSSR count). The van der Waals surface area contributed by atoms with Gasteiger partial charge in [-0.05, 0) is 56.2 Å². The van der Waals surface area contributed by atoms with Gasteiger partial charge in [-0.1, -0.05) is 29.3 Å². The van der Waals surface area contributed by atoms with Crippen molar-refractivity contribution < 1.29 is 4.79 Å². The van der Waals surface area contributed by atoms with E-state index >= 15 is 0 Å². The summed E-state index contributed by atoms with van der Waals surface area (Å²) in [6.07, 6.45) is 8.63. The second-order valence-corrected chi connectivity index (χ2v) is 9.34. The first-order valence-corrected chi connectivity index (χ1v) is 11.9. The summed E-state index contributed by atoms with van der Waals surface area (Å²) in [6, 6.07) is 16.0. The van der Waals surface area contributed by atoms with Gasteiger partial charge in [-0.15, -0.1) is 10.2 Å². The summed E-state index contributed by atoms with van der Waals surface area (Å²) < 4.78 is 4.09. The molecule has 0 saturated heterocycles. The smallest absolute Gasteiger partial charge is 0.253 e. The van der Waals surface area contributed by atoms with Gasteiger partial charge in [0.1, 0.15) is 12.7 Å². The van der Waals surface area contributed by atoms with Crippen molar-refractivity contribution in [3.05, 3.63) is 95.4 Å². The maximum atomic E-state index is 13.1. The number of aryl methyl sites for hydroxylation is 1. The van der Waals surface area contributed by atoms with E-state index in [1.54, 1.807) is 35.6 Å². The number of carbonyl (C=O) groups is 1. The summed E-state index contributed by atoms with van der Waals surface area (Å²) in [6.45, 7) is 2.82. The standard InChI is InChI=1S/C27H23ClN6O/c1-17-4-8-24-22(11-17)26(18-3-2-10-29-13-18)25-9-5-19(14-34(24)25)32-27(35)21-7-6-20(12-23(21)28)33-15-30-31-16-33/h2-4,6-8,10-13,15-16,19H,5,9,14H2,1H3,(H,32,35). The van der Waals surface area contributed by atoms with Crippen molar-refractivity contribution in [3.63, 3.8) is 0 Å². The van der Waals surface area contributed by atoms with E-state index in [1.807, 2.05) is 18.3 Å². The molecule has 1 N–H and O–H groups in total. The van der Waals surface area contributed by atoms with Gasteiger partial charge in [0.15, 0.2) is 0 Å². The normalized spacial score (nSPS) is 15.2. The molecule has 0 radical (unpaired) electrons. The van der Waals surface area contributed by atoms with Gasteiger partial charge in [-0.2, -0.15) is 0 Å². The summed E-state index contributed by atoms with van der Waals surface area (Å²) in [4.78, 5) is 17.5. The molecule has 35 heavy (non-hydrogen) atoms. The molecule has 1 unspecified atom stereocenters. The topological polar surface area (TPSA) is 77.6 Å². The number of pyridine rings is 1. The monoisotopic (exact) mass is 482 g/mol. The van der Waals surface area contributed by atoms with E-state index in [-0.39, 0.29) is 11.9 Å². The molecule has 7 nitrogen and oxygen atoms in total. The zero-order chi connectivity index (χ0) is 23.9. The molecule has 0 fully saturated rings. The first-order valence-electron chi connectivity index (χ1n) is 11.6. The van der Waals surface area contributed by atoms with Gasteiger partial charge in [-0.25, -0.2) is 0 Å². The Bertz CT molecular complexity index is 1540. The molecular weight excluding hydrogens is 460 g/mol. The maximum Gasteiger partial charge on any atom is 0.253 e. The fraction of sp³-hybridized carbons (Fsp3) is 0.185. The van der Waals surface area contributed by atoms with E-state index in [0.29, 0.717) is 17.1 Å². The lowest BCUT2D eigenvalue weighted by molar-refractivity contribution is 0.0928. The molecule has 0 aliphatic carbocycles. The van der Waals surface area contributed by atoms with Gasteiger partial charge in [0, 0.05) is 58.4 Å². The Morgan fingerprint density at radius 2 is 1.97 bits per heavy atom. The van der Waals surface area contributed by atoms with Crippen LogP contribution in [0.2, 0.25) is 5.02 Å². The minimum atomic E-state index is -0.168. The van der Waals surface area contributed by atoms with Crippen LogP contribution in [0.25, 0.3) is 27.7 Å². The van der Waals surface area contributed by atoms with Crippen LogP contribution in [-0.2, 0) is 13.0 Å². The molecule has 0 saturated carbocycles. The number of nitrogens with zero attached hydrogens (tertiary/aromatic N) is 5. The minimum Gasteiger partial charge on any atom is -0.347 e. The van der Waals surface area contributed by atoms with Crippen LogP contribution in [0.5, 0.6) is 0 Å². The van der Waals surface area contributed by atoms with Gasteiger partial charge >= 0.3 is 0 Å². The van der Waals surface area contributed by atoms with Gasteiger partial charge in [0.05, 0.1) is 10.6 Å². The molecule has 3 aromatic heterocycles. The van der Waals surface area contributed by atoms with Crippen molar-refractivity contribution in [3.8, 4) is 16.8 Å². The van der Waals surface area contributed by atoms with Crippen molar-refractivity contribution in [2.75, 3.05) is 0 Å². The van der Waals surface area contributed by atoms with E-state index in [9.17, 15) is 4.79 Å². The summed E-state index contributed by atoms with van der Waals surface area (Å²) in [5, 5.41) is 12.5. The number of carbonyl (C=O) groups excluding carboxylic acids is 1. The van der Waals surface area contributed by atoms with E-state index in [2.05, 4.69) is 56.3 Å². The summed E-state index contributed by atoms with van der Waals surface area (Å²) in [5.74, 6) is -0.168. The highest BCUT2D eigenvalue weighted by molar-refractivity contribution is 6.34. The summed E-state index contributed by atoms with van der Waals surface area (Å²) in [5.41, 5.74) is 7.32. The molecule has 0 spiro atoms. The number of halogens is 1. The average molecular weight is 483 g/mol. The molecule has 8 heteroatoms. The zero-order valence-corrected chi connectivity index (χ0v) is 19.9. The highest BCUT2D eigenvalue weighted by Gasteiger charge is 2.27. The Labute approximate surface area is 207 Å². The van der Waals surface area contributed by atoms with Crippen molar-refractivity contribution >= 4 is 28.4 Å². The number of hydrogen-bond acceptors (Lipinski definition) is 4. The second-order valence-electron chi connectivity index (χ2n) is 8.94. The van der Waals surface area contributed by atoms with Gasteiger partial charge in [-0.3, -0.25) is 14.3 Å². The third-order valence-corrected chi connectivity index (χ3v) is 6.97. The Hall–Kier alpha value is -3.97. The van der Waals surface area contributed by atoms with Crippen molar-refractivity contribution in [1.29, 1.82) is 0 Å². The predicted molar refractivity (Wildman–Crippen MR) is 136 cm³/mol. The van der Waals surface area contributed by atoms with Crippen LogP contribution in [0.4, 0.5) is 0 Å². The van der Waals surface area contributed by atoms with Crippen LogP contribution < -0.4 is 5.32 Å². The number of hydrogen-bond donors (Lipinski definition) is 1. The van der Waals surface area contributed by atoms with Gasteiger partial charge in [0.2, 0.25) is 0 Å². The second kappa shape index (κ2) is 8.67. The van der Waals surface area contributed by atoms with Gasteiger partial charge in [0.25, 0.3) is 5.91 Å². The average Bonchev–Trinajstić information content (AvgIpc) is 3.51. The number of fused-ring (bicyclic) bond motifs is 3. The highest BCUT2D eigenvalue weighted by atomic mass is 35.5. The molecular formula is C27H23ClN6O. The van der Waals surface area contributed by atoms with E-state index < -0.39 is 0 Å². The van der Waals surface area contributed by atoms with Crippen molar-refractivity contribution in [2.45, 2.75) is 32.4 Å². The number of aromatic nitrogens is 5. The van der Waals surface area contributed by atoms with Crippen molar-refractivity contribution in [2.24, 2.45) is 0 Å². The summed E-state index contributed by atoms with van der Waals surface area (Å²) >= 11 is 6.48. The van der Waals surface area contributed by atoms with Crippen molar-refractivity contribution in [1.82, 2.24) is 29.6 Å². The van der Waals surface area contributed by atoms with E-state index in [0.717, 1.165) is 24.1 Å². The van der Waals surface area contributed by atoms with Gasteiger partial charge < -0.3 is 9.88 Å². The Morgan fingerprint density at radius 3 is 2.74 bits per heavy atom. The third kappa shape index (κ3) is 3.88. The fourth-order valence-electron chi connectivity index (χ4n) is 5.01. The van der Waals surface area contributed by atoms with Crippen LogP contribution in [0.15, 0.2) is 73.6 Å². The molecule has 5 aromatic rings. The third-order valence-electron chi connectivity index (χ3n) is 6.66. The Morgan fingerprint density at radius 1 is 1.11 bits per heavy atom. The molecule has 2 aromatic carbocycles. The minimum absolute atomic E-state index is 0.00208. The van der Waals surface area contributed by atoms with Crippen LogP contribution in [0.1, 0.15) is 28.0 Å². The Balaban J connectivity index is 1.29. The van der Waals surface area contributed by atoms with Crippen LogP contribution in [0.3, 0.4) is 0 Å². The molecule has 1 amide bonds. The molecule has 0 bridgehead atoms. The first-order chi connectivity index (χ1) is 17.1. The Kier molecular flexibility index (Phi) is 5.34. The number of benzene rings is 2. The first kappa shape index (κ1) is 21.6. The number of nitrogens with one attached hydrogen (secondary N) is 1. The summed E-state index contributed by atoms with van der Waals surface area (Å²) in [7, 11) is 0. The highest BCUT2D eigenvalue weighted by Crippen LogP contribution is 2.38. The van der Waals surface area contributed by atoms with Crippen LogP contribution in [0, 0.1) is 6.92 Å². The number of amides is 1. The molecule has 174 valence electrons. The quantitative estimate of drug-likeness (QED) is 0.391. The molecule has 1 aliphatic rings. The van der Waals surface area contributed by atoms with Crippen LogP contribution >= 0.6 is 11.6 Å². The fourth-order valence-corrected chi connectivity index (χ4v) is 5.27. The largest absolute Gasteiger partial charge is 0.347 e. The zero-order valence-electron chi connectivity index (χ0n) is 19.1. The molecule has 1 atom stereocenters. The SMILES string of the molecule is Cc1ccc2c(c1)c(-c1cccnc1)c1n2CC(NC(=O)c2ccc(-n3cnnc3)cc2Cl)CC1. The predicted octanol–water partition coefficient (Wildman–Crippen LogP) is 4.99. The lowest BCUT2D eigenvalue weighted by atomic mass is 9.97. The van der Waals surface area contributed by atoms with Crippen LogP contribution in [-0.4, -0.2) is 36.3 Å². The number of rotatable bonds is 4. The maximum absolute atomic E-state index is 13.1. The van der Waals surface area contributed by atoms with E-state index in [4.69, 9.17) is 11.6 Å². The van der Waals surface area contributed by atoms with E-state index in [1.165, 1.54) is 27.7 Å². The molecule has 1 aliphatic heterocycles. The lowest BCUT2D eigenvalue weighted by Crippen LogP contribution is -2.41.